The lowest BCUT2D eigenvalue weighted by Crippen LogP contribution is -2.23. The molecule has 0 atom stereocenters. The Labute approximate surface area is 129 Å². The van der Waals surface area contributed by atoms with E-state index in [9.17, 15) is 14.9 Å². The minimum atomic E-state index is -0.474. The molecule has 1 aromatic heterocycles. The minimum Gasteiger partial charge on any atom is -0.268 e. The number of rotatable bonds is 3. The molecule has 0 bridgehead atoms. The van der Waals surface area contributed by atoms with Crippen LogP contribution in [0, 0.1) is 13.7 Å². The van der Waals surface area contributed by atoms with E-state index in [0.29, 0.717) is 10.0 Å². The van der Waals surface area contributed by atoms with Gasteiger partial charge >= 0.3 is 0 Å². The van der Waals surface area contributed by atoms with Crippen LogP contribution in [-0.2, 0) is 6.54 Å². The Hall–Kier alpha value is -1.29. The SMILES string of the molecule is O=c1cc(I)cnn1Cc1cccc([N+](=O)[O-])c1Br. The standard InChI is InChI=1S/C11H7BrIN3O3/c12-11-7(2-1-3-9(11)16(18)19)6-15-10(17)4-8(13)5-14-15/h1-5H,6H2. The molecule has 6 nitrogen and oxygen atoms in total. The summed E-state index contributed by atoms with van der Waals surface area (Å²) in [5.41, 5.74) is 0.353. The monoisotopic (exact) mass is 435 g/mol. The van der Waals surface area contributed by atoms with Gasteiger partial charge in [-0.15, -0.1) is 0 Å². The van der Waals surface area contributed by atoms with Crippen molar-refractivity contribution in [1.29, 1.82) is 0 Å². The van der Waals surface area contributed by atoms with Crippen molar-refractivity contribution in [2.75, 3.05) is 0 Å². The van der Waals surface area contributed by atoms with Crippen molar-refractivity contribution in [3.63, 3.8) is 0 Å². The molecule has 2 aromatic rings. The van der Waals surface area contributed by atoms with Gasteiger partial charge in [-0.1, -0.05) is 12.1 Å². The van der Waals surface area contributed by atoms with Crippen LogP contribution in [0.5, 0.6) is 0 Å². The summed E-state index contributed by atoms with van der Waals surface area (Å²) in [6, 6.07) is 6.15. The van der Waals surface area contributed by atoms with Gasteiger partial charge in [0.25, 0.3) is 11.2 Å². The first kappa shape index (κ1) is 14.1. The molecule has 0 fully saturated rings. The van der Waals surface area contributed by atoms with E-state index in [4.69, 9.17) is 0 Å². The molecule has 8 heteroatoms. The maximum Gasteiger partial charge on any atom is 0.283 e. The topological polar surface area (TPSA) is 78.0 Å². The maximum absolute atomic E-state index is 11.7. The van der Waals surface area contributed by atoms with E-state index in [2.05, 4.69) is 21.0 Å². The Morgan fingerprint density at radius 2 is 2.21 bits per heavy atom. The molecule has 0 aliphatic rings. The fourth-order valence-corrected chi connectivity index (χ4v) is 2.45. The lowest BCUT2D eigenvalue weighted by atomic mass is 10.2. The summed E-state index contributed by atoms with van der Waals surface area (Å²) in [4.78, 5) is 22.1. The Morgan fingerprint density at radius 1 is 1.47 bits per heavy atom. The Kier molecular flexibility index (Phi) is 4.30. The molecule has 0 saturated carbocycles. The van der Waals surface area contributed by atoms with E-state index < -0.39 is 4.92 Å². The zero-order chi connectivity index (χ0) is 14.0. The summed E-state index contributed by atoms with van der Waals surface area (Å²) >= 11 is 5.19. The fraction of sp³-hybridized carbons (Fsp3) is 0.0909. The quantitative estimate of drug-likeness (QED) is 0.421. The second-order valence-corrected chi connectivity index (χ2v) is 5.72. The van der Waals surface area contributed by atoms with E-state index in [1.807, 2.05) is 22.6 Å². The predicted octanol–water partition coefficient (Wildman–Crippen LogP) is 2.57. The number of benzene rings is 1. The van der Waals surface area contributed by atoms with E-state index >= 15 is 0 Å². The molecule has 1 heterocycles. The summed E-state index contributed by atoms with van der Waals surface area (Å²) in [5.74, 6) is 0. The van der Waals surface area contributed by atoms with E-state index in [-0.39, 0.29) is 17.8 Å². The highest BCUT2D eigenvalue weighted by Gasteiger charge is 2.15. The third-order valence-electron chi connectivity index (χ3n) is 2.41. The van der Waals surface area contributed by atoms with Gasteiger partial charge in [0, 0.05) is 15.7 Å². The van der Waals surface area contributed by atoms with E-state index in [0.717, 1.165) is 3.57 Å². The second kappa shape index (κ2) is 5.78. The number of hydrogen-bond donors (Lipinski definition) is 0. The first-order valence-electron chi connectivity index (χ1n) is 5.13. The molecule has 0 radical (unpaired) electrons. The van der Waals surface area contributed by atoms with Crippen LogP contribution < -0.4 is 5.56 Å². The molecule has 0 aliphatic carbocycles. The maximum atomic E-state index is 11.7. The van der Waals surface area contributed by atoms with Crippen LogP contribution in [0.1, 0.15) is 5.56 Å². The van der Waals surface area contributed by atoms with Crippen molar-refractivity contribution in [2.45, 2.75) is 6.54 Å². The van der Waals surface area contributed by atoms with Gasteiger partial charge in [-0.2, -0.15) is 5.10 Å². The number of hydrogen-bond acceptors (Lipinski definition) is 4. The van der Waals surface area contributed by atoms with Gasteiger partial charge in [-0.25, -0.2) is 4.68 Å². The summed E-state index contributed by atoms with van der Waals surface area (Å²) in [5, 5.41) is 14.8. The van der Waals surface area contributed by atoms with Crippen molar-refractivity contribution in [3.05, 3.63) is 64.5 Å². The summed E-state index contributed by atoms with van der Waals surface area (Å²) < 4.78 is 2.37. The number of nitro groups is 1. The molecular weight excluding hydrogens is 429 g/mol. The molecule has 19 heavy (non-hydrogen) atoms. The first-order chi connectivity index (χ1) is 8.99. The number of aromatic nitrogens is 2. The Bertz CT molecular complexity index is 702. The molecule has 1 aromatic carbocycles. The van der Waals surface area contributed by atoms with Crippen LogP contribution in [0.4, 0.5) is 5.69 Å². The van der Waals surface area contributed by atoms with Crippen LogP contribution in [0.3, 0.4) is 0 Å². The van der Waals surface area contributed by atoms with Crippen LogP contribution in [0.15, 0.2) is 39.7 Å². The van der Waals surface area contributed by atoms with Gasteiger partial charge < -0.3 is 0 Å². The van der Waals surface area contributed by atoms with Crippen LogP contribution >= 0.6 is 38.5 Å². The Morgan fingerprint density at radius 3 is 2.84 bits per heavy atom. The molecule has 0 unspecified atom stereocenters. The summed E-state index contributed by atoms with van der Waals surface area (Å²) in [6.07, 6.45) is 1.56. The molecule has 0 N–H and O–H groups in total. The van der Waals surface area contributed by atoms with Crippen molar-refractivity contribution in [2.24, 2.45) is 0 Å². The number of nitro benzene ring substituents is 1. The molecular formula is C11H7BrIN3O3. The van der Waals surface area contributed by atoms with Gasteiger partial charge in [0.1, 0.15) is 4.47 Å². The highest BCUT2D eigenvalue weighted by atomic mass is 127. The van der Waals surface area contributed by atoms with Crippen molar-refractivity contribution in [1.82, 2.24) is 9.78 Å². The van der Waals surface area contributed by atoms with Crippen molar-refractivity contribution >= 4 is 44.2 Å². The minimum absolute atomic E-state index is 0.0314. The molecule has 0 saturated heterocycles. The van der Waals surface area contributed by atoms with E-state index in [1.165, 1.54) is 16.8 Å². The zero-order valence-corrected chi connectivity index (χ0v) is 13.2. The summed E-state index contributed by atoms with van der Waals surface area (Å²) in [7, 11) is 0. The highest BCUT2D eigenvalue weighted by molar-refractivity contribution is 14.1. The molecule has 98 valence electrons. The average molecular weight is 436 g/mol. The normalized spacial score (nSPS) is 10.4. The third kappa shape index (κ3) is 3.18. The van der Waals surface area contributed by atoms with Crippen molar-refractivity contribution in [3.8, 4) is 0 Å². The number of halogens is 2. The third-order valence-corrected chi connectivity index (χ3v) is 3.92. The number of nitrogens with zero attached hydrogens (tertiary/aromatic N) is 3. The van der Waals surface area contributed by atoms with Gasteiger partial charge in [-0.05, 0) is 44.1 Å². The molecule has 0 spiro atoms. The smallest absolute Gasteiger partial charge is 0.268 e. The van der Waals surface area contributed by atoms with Crippen LogP contribution in [-0.4, -0.2) is 14.7 Å². The van der Waals surface area contributed by atoms with Gasteiger partial charge in [0.05, 0.1) is 17.7 Å². The average Bonchev–Trinajstić information content (AvgIpc) is 2.34. The van der Waals surface area contributed by atoms with Gasteiger partial charge in [0.2, 0.25) is 0 Å². The van der Waals surface area contributed by atoms with Gasteiger partial charge in [0.15, 0.2) is 0 Å². The molecule has 2 rings (SSSR count). The van der Waals surface area contributed by atoms with Crippen molar-refractivity contribution < 1.29 is 4.92 Å². The van der Waals surface area contributed by atoms with Gasteiger partial charge in [-0.3, -0.25) is 14.9 Å². The lowest BCUT2D eigenvalue weighted by Gasteiger charge is -2.06. The van der Waals surface area contributed by atoms with Crippen LogP contribution in [0.2, 0.25) is 0 Å². The predicted molar refractivity (Wildman–Crippen MR) is 81.1 cm³/mol. The largest absolute Gasteiger partial charge is 0.283 e. The van der Waals surface area contributed by atoms with Crippen LogP contribution in [0.25, 0.3) is 0 Å². The molecule has 0 aliphatic heterocycles. The second-order valence-electron chi connectivity index (χ2n) is 3.68. The summed E-state index contributed by atoms with van der Waals surface area (Å²) in [6.45, 7) is 0.179. The highest BCUT2D eigenvalue weighted by Crippen LogP contribution is 2.28. The fourth-order valence-electron chi connectivity index (χ4n) is 1.52. The Balaban J connectivity index is 2.41. The van der Waals surface area contributed by atoms with E-state index in [1.54, 1.807) is 18.3 Å². The first-order valence-corrected chi connectivity index (χ1v) is 7.00. The lowest BCUT2D eigenvalue weighted by molar-refractivity contribution is -0.385. The molecule has 0 amide bonds. The zero-order valence-electron chi connectivity index (χ0n) is 9.42.